The van der Waals surface area contributed by atoms with Gasteiger partial charge < -0.3 is 15.5 Å². The molecule has 3 amide bonds. The number of pyridine rings is 1. The number of aryl methyl sites for hydroxylation is 2. The van der Waals surface area contributed by atoms with Crippen molar-refractivity contribution in [2.24, 2.45) is 17.6 Å². The van der Waals surface area contributed by atoms with Crippen molar-refractivity contribution in [2.45, 2.75) is 71.1 Å². The van der Waals surface area contributed by atoms with Gasteiger partial charge in [-0.1, -0.05) is 41.4 Å². The first-order valence-corrected chi connectivity index (χ1v) is 16.2. The van der Waals surface area contributed by atoms with Crippen molar-refractivity contribution in [1.29, 1.82) is 0 Å². The SMILES string of the molecule is CC.NC(=O)N1CCC(CC(=O)N2CCC(C3c4ncc(Br)cc4CCCc4cc(Cl)cc(Br)c43)CC2)CC1. The number of piperidine rings is 2. The first kappa shape index (κ1) is 30.3. The van der Waals surface area contributed by atoms with Crippen LogP contribution in [0.4, 0.5) is 4.79 Å². The molecule has 212 valence electrons. The number of benzene rings is 1. The van der Waals surface area contributed by atoms with E-state index in [0.717, 1.165) is 77.7 Å². The van der Waals surface area contributed by atoms with Gasteiger partial charge in [-0.15, -0.1) is 0 Å². The molecule has 1 aromatic heterocycles. The van der Waals surface area contributed by atoms with E-state index in [9.17, 15) is 9.59 Å². The molecule has 0 bridgehead atoms. The average Bonchev–Trinajstić information content (AvgIpc) is 2.91. The number of likely N-dealkylation sites (tertiary alicyclic amines) is 2. The first-order chi connectivity index (χ1) is 18.8. The molecule has 39 heavy (non-hydrogen) atoms. The number of carbonyl (C=O) groups is 2. The Bertz CT molecular complexity index is 1180. The van der Waals surface area contributed by atoms with Gasteiger partial charge in [-0.3, -0.25) is 9.78 Å². The molecule has 2 N–H and O–H groups in total. The van der Waals surface area contributed by atoms with Gasteiger partial charge in [-0.2, -0.15) is 0 Å². The minimum atomic E-state index is -0.361. The number of primary amides is 1. The third-order valence-corrected chi connectivity index (χ3v) is 9.71. The maximum absolute atomic E-state index is 13.2. The highest BCUT2D eigenvalue weighted by molar-refractivity contribution is 9.10. The Balaban J connectivity index is 0.00000172. The Morgan fingerprint density at radius 2 is 1.62 bits per heavy atom. The molecule has 2 fully saturated rings. The molecule has 0 saturated carbocycles. The molecule has 1 atom stereocenters. The molecule has 2 aromatic rings. The van der Waals surface area contributed by atoms with E-state index in [-0.39, 0.29) is 17.9 Å². The van der Waals surface area contributed by atoms with Crippen molar-refractivity contribution < 1.29 is 9.59 Å². The van der Waals surface area contributed by atoms with Crippen LogP contribution in [0.15, 0.2) is 33.3 Å². The fraction of sp³-hybridized carbons (Fsp3) is 0.567. The topological polar surface area (TPSA) is 79.5 Å². The third kappa shape index (κ3) is 7.17. The number of nitrogens with zero attached hydrogens (tertiary/aromatic N) is 3. The summed E-state index contributed by atoms with van der Waals surface area (Å²) in [6.45, 7) is 6.84. The van der Waals surface area contributed by atoms with Gasteiger partial charge in [0.05, 0.1) is 5.69 Å². The van der Waals surface area contributed by atoms with Crippen LogP contribution in [0.2, 0.25) is 5.02 Å². The maximum atomic E-state index is 13.2. The highest BCUT2D eigenvalue weighted by Gasteiger charge is 2.36. The summed E-state index contributed by atoms with van der Waals surface area (Å²) >= 11 is 13.9. The Kier molecular flexibility index (Phi) is 10.7. The van der Waals surface area contributed by atoms with Gasteiger partial charge in [0.15, 0.2) is 0 Å². The zero-order chi connectivity index (χ0) is 28.1. The second kappa shape index (κ2) is 13.8. The lowest BCUT2D eigenvalue weighted by Crippen LogP contribution is -2.44. The van der Waals surface area contributed by atoms with Crippen LogP contribution in [0.3, 0.4) is 0 Å². The van der Waals surface area contributed by atoms with Crippen molar-refractivity contribution in [3.05, 3.63) is 60.7 Å². The van der Waals surface area contributed by atoms with Crippen molar-refractivity contribution in [2.75, 3.05) is 26.2 Å². The zero-order valence-electron chi connectivity index (χ0n) is 22.9. The maximum Gasteiger partial charge on any atom is 0.314 e. The van der Waals surface area contributed by atoms with Crippen LogP contribution in [0.25, 0.3) is 0 Å². The summed E-state index contributed by atoms with van der Waals surface area (Å²) in [6.07, 6.45) is 9.10. The number of hydrogen-bond donors (Lipinski definition) is 1. The van der Waals surface area contributed by atoms with E-state index in [2.05, 4.69) is 44.0 Å². The van der Waals surface area contributed by atoms with E-state index in [1.165, 1.54) is 16.7 Å². The number of nitrogens with two attached hydrogens (primary N) is 1. The standard InChI is InChI=1S/C28H33Br2ClN4O2.C2H6/c29-21-13-20-3-1-2-19-14-22(31)15-23(30)25(19)26(27(20)33-16-21)18-6-10-34(11-7-18)24(36)12-17-4-8-35(9-5-17)28(32)37;1-2/h13-18,26H,1-12H2,(H2,32,37);1-2H3. The Hall–Kier alpha value is -1.64. The van der Waals surface area contributed by atoms with Crippen LogP contribution in [-0.2, 0) is 17.6 Å². The van der Waals surface area contributed by atoms with Crippen LogP contribution in [-0.4, -0.2) is 52.9 Å². The predicted molar refractivity (Wildman–Crippen MR) is 164 cm³/mol. The molecule has 3 heterocycles. The van der Waals surface area contributed by atoms with Crippen LogP contribution >= 0.6 is 43.5 Å². The molecule has 0 spiro atoms. The van der Waals surface area contributed by atoms with Gasteiger partial charge in [-0.05, 0) is 108 Å². The normalized spacial score (nSPS) is 20.2. The molecule has 6 nitrogen and oxygen atoms in total. The summed E-state index contributed by atoms with van der Waals surface area (Å²) in [6, 6.07) is 6.00. The highest BCUT2D eigenvalue weighted by atomic mass is 79.9. The average molecular weight is 683 g/mol. The number of carbonyl (C=O) groups excluding carboxylic acids is 2. The number of urea groups is 1. The summed E-state index contributed by atoms with van der Waals surface area (Å²) < 4.78 is 2.07. The van der Waals surface area contributed by atoms with Crippen molar-refractivity contribution in [3.8, 4) is 0 Å². The second-order valence-corrected chi connectivity index (χ2v) is 12.9. The fourth-order valence-corrected chi connectivity index (χ4v) is 7.95. The number of rotatable bonds is 3. The summed E-state index contributed by atoms with van der Waals surface area (Å²) in [5, 5.41) is 0.760. The van der Waals surface area contributed by atoms with E-state index in [1.807, 2.05) is 31.0 Å². The number of halogens is 3. The van der Waals surface area contributed by atoms with Crippen LogP contribution < -0.4 is 5.73 Å². The summed E-state index contributed by atoms with van der Waals surface area (Å²) in [7, 11) is 0. The van der Waals surface area contributed by atoms with Gasteiger partial charge in [0.2, 0.25) is 5.91 Å². The quantitative estimate of drug-likeness (QED) is 0.369. The lowest BCUT2D eigenvalue weighted by Gasteiger charge is -2.39. The largest absolute Gasteiger partial charge is 0.351 e. The smallest absolute Gasteiger partial charge is 0.314 e. The predicted octanol–water partition coefficient (Wildman–Crippen LogP) is 7.33. The fourth-order valence-electron chi connectivity index (χ4n) is 6.45. The molecule has 2 aliphatic heterocycles. The van der Waals surface area contributed by atoms with E-state index in [0.29, 0.717) is 31.3 Å². The number of aromatic nitrogens is 1. The van der Waals surface area contributed by atoms with Gasteiger partial charge in [0.25, 0.3) is 0 Å². The van der Waals surface area contributed by atoms with Gasteiger partial charge in [0.1, 0.15) is 0 Å². The van der Waals surface area contributed by atoms with E-state index >= 15 is 0 Å². The summed E-state index contributed by atoms with van der Waals surface area (Å²) in [4.78, 5) is 33.3. The molecule has 9 heteroatoms. The van der Waals surface area contributed by atoms with Crippen molar-refractivity contribution in [3.63, 3.8) is 0 Å². The molecule has 1 aromatic carbocycles. The number of hydrogen-bond acceptors (Lipinski definition) is 3. The molecule has 1 unspecified atom stereocenters. The van der Waals surface area contributed by atoms with Crippen molar-refractivity contribution in [1.82, 2.24) is 14.8 Å². The second-order valence-electron chi connectivity index (χ2n) is 10.7. The lowest BCUT2D eigenvalue weighted by atomic mass is 9.73. The number of amides is 3. The Morgan fingerprint density at radius 3 is 2.28 bits per heavy atom. The zero-order valence-corrected chi connectivity index (χ0v) is 26.8. The van der Waals surface area contributed by atoms with Crippen molar-refractivity contribution >= 4 is 55.4 Å². The van der Waals surface area contributed by atoms with E-state index in [1.54, 1.807) is 4.90 Å². The van der Waals surface area contributed by atoms with E-state index in [4.69, 9.17) is 22.3 Å². The van der Waals surface area contributed by atoms with E-state index < -0.39 is 0 Å². The minimum absolute atomic E-state index is 0.167. The Morgan fingerprint density at radius 1 is 0.974 bits per heavy atom. The first-order valence-electron chi connectivity index (χ1n) is 14.2. The molecule has 3 aliphatic rings. The molecule has 0 radical (unpaired) electrons. The molecular weight excluding hydrogens is 644 g/mol. The van der Waals surface area contributed by atoms with Crippen LogP contribution in [0, 0.1) is 11.8 Å². The highest BCUT2D eigenvalue weighted by Crippen LogP contribution is 2.45. The third-order valence-electron chi connectivity index (χ3n) is 8.40. The Labute approximate surface area is 254 Å². The molecule has 1 aliphatic carbocycles. The summed E-state index contributed by atoms with van der Waals surface area (Å²) in [5.74, 6) is 1.13. The van der Waals surface area contributed by atoms with Gasteiger partial charge in [0, 0.05) is 58.7 Å². The lowest BCUT2D eigenvalue weighted by molar-refractivity contribution is -0.134. The van der Waals surface area contributed by atoms with Crippen LogP contribution in [0.1, 0.15) is 80.7 Å². The minimum Gasteiger partial charge on any atom is -0.351 e. The molecule has 2 saturated heterocycles. The molecular formula is C30H39Br2ClN4O2. The molecule has 5 rings (SSSR count). The number of fused-ring (bicyclic) bond motifs is 2. The summed E-state index contributed by atoms with van der Waals surface area (Å²) in [5.41, 5.74) is 10.5. The van der Waals surface area contributed by atoms with Gasteiger partial charge >= 0.3 is 6.03 Å². The van der Waals surface area contributed by atoms with Gasteiger partial charge in [-0.25, -0.2) is 4.79 Å². The van der Waals surface area contributed by atoms with Crippen LogP contribution in [0.5, 0.6) is 0 Å². The monoisotopic (exact) mass is 680 g/mol.